The molecule has 1 unspecified atom stereocenters. The SMILES string of the molecule is CCCCC(Oc1ccccc1OCCC)C(=O)OC. The van der Waals surface area contributed by atoms with Gasteiger partial charge in [-0.15, -0.1) is 0 Å². The molecule has 0 fully saturated rings. The second kappa shape index (κ2) is 9.23. The molecule has 0 N–H and O–H groups in total. The van der Waals surface area contributed by atoms with Crippen molar-refractivity contribution in [3.63, 3.8) is 0 Å². The number of esters is 1. The van der Waals surface area contributed by atoms with E-state index in [0.717, 1.165) is 19.3 Å². The summed E-state index contributed by atoms with van der Waals surface area (Å²) < 4.78 is 16.2. The Morgan fingerprint density at radius 2 is 1.85 bits per heavy atom. The molecule has 0 heterocycles. The first-order valence-electron chi connectivity index (χ1n) is 7.19. The molecule has 20 heavy (non-hydrogen) atoms. The topological polar surface area (TPSA) is 44.8 Å². The molecule has 0 aliphatic rings. The van der Waals surface area contributed by atoms with Gasteiger partial charge in [0.1, 0.15) is 0 Å². The zero-order valence-corrected chi connectivity index (χ0v) is 12.6. The van der Waals surface area contributed by atoms with E-state index < -0.39 is 6.10 Å². The van der Waals surface area contributed by atoms with Gasteiger partial charge in [-0.05, 0) is 31.4 Å². The summed E-state index contributed by atoms with van der Waals surface area (Å²) in [6, 6.07) is 7.41. The lowest BCUT2D eigenvalue weighted by atomic mass is 10.1. The van der Waals surface area contributed by atoms with Crippen LogP contribution < -0.4 is 9.47 Å². The molecule has 1 rings (SSSR count). The average molecular weight is 280 g/mol. The molecular formula is C16H24O4. The van der Waals surface area contributed by atoms with Crippen molar-refractivity contribution in [1.82, 2.24) is 0 Å². The van der Waals surface area contributed by atoms with Crippen LogP contribution in [0.5, 0.6) is 11.5 Å². The maximum absolute atomic E-state index is 11.8. The summed E-state index contributed by atoms with van der Waals surface area (Å²) in [6.45, 7) is 4.74. The number of benzene rings is 1. The van der Waals surface area contributed by atoms with Crippen molar-refractivity contribution in [2.24, 2.45) is 0 Å². The quantitative estimate of drug-likeness (QED) is 0.648. The van der Waals surface area contributed by atoms with E-state index in [9.17, 15) is 4.79 Å². The maximum atomic E-state index is 11.8. The number of rotatable bonds is 9. The lowest BCUT2D eigenvalue weighted by Crippen LogP contribution is -2.28. The Morgan fingerprint density at radius 3 is 2.45 bits per heavy atom. The summed E-state index contributed by atoms with van der Waals surface area (Å²) in [5.74, 6) is 0.913. The highest BCUT2D eigenvalue weighted by Crippen LogP contribution is 2.28. The third-order valence-corrected chi connectivity index (χ3v) is 2.86. The van der Waals surface area contributed by atoms with E-state index in [2.05, 4.69) is 6.92 Å². The van der Waals surface area contributed by atoms with Crippen LogP contribution in [-0.2, 0) is 9.53 Å². The van der Waals surface area contributed by atoms with Crippen molar-refractivity contribution >= 4 is 5.97 Å². The summed E-state index contributed by atoms with van der Waals surface area (Å²) in [5.41, 5.74) is 0. The zero-order valence-electron chi connectivity index (χ0n) is 12.6. The minimum Gasteiger partial charge on any atom is -0.490 e. The van der Waals surface area contributed by atoms with E-state index in [4.69, 9.17) is 14.2 Å². The van der Waals surface area contributed by atoms with E-state index in [1.54, 1.807) is 0 Å². The first-order chi connectivity index (χ1) is 9.72. The van der Waals surface area contributed by atoms with Crippen LogP contribution in [0.15, 0.2) is 24.3 Å². The monoisotopic (exact) mass is 280 g/mol. The van der Waals surface area contributed by atoms with Gasteiger partial charge in [-0.25, -0.2) is 4.79 Å². The van der Waals surface area contributed by atoms with Crippen molar-refractivity contribution < 1.29 is 19.0 Å². The van der Waals surface area contributed by atoms with E-state index >= 15 is 0 Å². The van der Waals surface area contributed by atoms with Crippen LogP contribution in [0, 0.1) is 0 Å². The molecule has 0 spiro atoms. The van der Waals surface area contributed by atoms with Gasteiger partial charge in [0, 0.05) is 0 Å². The van der Waals surface area contributed by atoms with Crippen LogP contribution in [0.4, 0.5) is 0 Å². The van der Waals surface area contributed by atoms with Gasteiger partial charge >= 0.3 is 5.97 Å². The zero-order chi connectivity index (χ0) is 14.8. The highest BCUT2D eigenvalue weighted by molar-refractivity contribution is 5.75. The molecule has 0 saturated heterocycles. The van der Waals surface area contributed by atoms with E-state index in [1.807, 2.05) is 31.2 Å². The number of carbonyl (C=O) groups excluding carboxylic acids is 1. The summed E-state index contributed by atoms with van der Waals surface area (Å²) >= 11 is 0. The molecule has 4 heteroatoms. The number of hydrogen-bond donors (Lipinski definition) is 0. The van der Waals surface area contributed by atoms with E-state index in [0.29, 0.717) is 24.5 Å². The Bertz CT molecular complexity index is 403. The predicted molar refractivity (Wildman–Crippen MR) is 78.2 cm³/mol. The number of para-hydroxylation sites is 2. The minimum absolute atomic E-state index is 0.344. The fraction of sp³-hybridized carbons (Fsp3) is 0.562. The van der Waals surface area contributed by atoms with Crippen LogP contribution in [0.3, 0.4) is 0 Å². The summed E-state index contributed by atoms with van der Waals surface area (Å²) in [6.07, 6.45) is 2.91. The van der Waals surface area contributed by atoms with Gasteiger partial charge in [-0.2, -0.15) is 0 Å². The molecule has 4 nitrogen and oxygen atoms in total. The summed E-state index contributed by atoms with van der Waals surface area (Å²) in [5, 5.41) is 0. The largest absolute Gasteiger partial charge is 0.490 e. The fourth-order valence-electron chi connectivity index (χ4n) is 1.78. The second-order valence-electron chi connectivity index (χ2n) is 4.57. The Kier molecular flexibility index (Phi) is 7.55. The van der Waals surface area contributed by atoms with Gasteiger partial charge in [0.05, 0.1) is 13.7 Å². The molecule has 1 aromatic carbocycles. The molecule has 0 saturated carbocycles. The number of unbranched alkanes of at least 4 members (excludes halogenated alkanes) is 1. The molecule has 1 aromatic rings. The standard InChI is InChI=1S/C16H24O4/c1-4-6-9-15(16(17)18-3)20-14-11-8-7-10-13(14)19-12-5-2/h7-8,10-11,15H,4-6,9,12H2,1-3H3. The predicted octanol–water partition coefficient (Wildman–Crippen LogP) is 3.59. The smallest absolute Gasteiger partial charge is 0.347 e. The van der Waals surface area contributed by atoms with Crippen molar-refractivity contribution in [3.05, 3.63) is 24.3 Å². The van der Waals surface area contributed by atoms with Gasteiger partial charge < -0.3 is 14.2 Å². The molecule has 0 amide bonds. The first-order valence-corrected chi connectivity index (χ1v) is 7.19. The molecule has 0 aromatic heterocycles. The molecule has 0 radical (unpaired) electrons. The molecular weight excluding hydrogens is 256 g/mol. The Balaban J connectivity index is 2.78. The van der Waals surface area contributed by atoms with Crippen LogP contribution in [0.1, 0.15) is 39.5 Å². The fourth-order valence-corrected chi connectivity index (χ4v) is 1.78. The Hall–Kier alpha value is -1.71. The van der Waals surface area contributed by atoms with Crippen LogP contribution in [0.2, 0.25) is 0 Å². The summed E-state index contributed by atoms with van der Waals surface area (Å²) in [7, 11) is 1.38. The number of ether oxygens (including phenoxy) is 3. The molecule has 0 aliphatic heterocycles. The van der Waals surface area contributed by atoms with Crippen LogP contribution >= 0.6 is 0 Å². The van der Waals surface area contributed by atoms with Crippen LogP contribution in [0.25, 0.3) is 0 Å². The third-order valence-electron chi connectivity index (χ3n) is 2.86. The van der Waals surface area contributed by atoms with E-state index in [-0.39, 0.29) is 5.97 Å². The van der Waals surface area contributed by atoms with Gasteiger partial charge in [0.2, 0.25) is 0 Å². The molecule has 0 aliphatic carbocycles. The van der Waals surface area contributed by atoms with Gasteiger partial charge in [-0.1, -0.05) is 32.4 Å². The average Bonchev–Trinajstić information content (AvgIpc) is 2.49. The Labute approximate surface area is 121 Å². The first kappa shape index (κ1) is 16.3. The highest BCUT2D eigenvalue weighted by atomic mass is 16.6. The molecule has 0 bridgehead atoms. The van der Waals surface area contributed by atoms with Gasteiger partial charge in [0.25, 0.3) is 0 Å². The minimum atomic E-state index is -0.577. The molecule has 1 atom stereocenters. The number of hydrogen-bond acceptors (Lipinski definition) is 4. The number of carbonyl (C=O) groups is 1. The van der Waals surface area contributed by atoms with Crippen molar-refractivity contribution in [3.8, 4) is 11.5 Å². The van der Waals surface area contributed by atoms with Crippen LogP contribution in [-0.4, -0.2) is 25.8 Å². The molecule has 112 valence electrons. The van der Waals surface area contributed by atoms with Crippen molar-refractivity contribution in [2.45, 2.75) is 45.6 Å². The Morgan fingerprint density at radius 1 is 1.15 bits per heavy atom. The van der Waals surface area contributed by atoms with Crippen molar-refractivity contribution in [1.29, 1.82) is 0 Å². The normalized spacial score (nSPS) is 11.8. The van der Waals surface area contributed by atoms with Gasteiger partial charge in [-0.3, -0.25) is 0 Å². The van der Waals surface area contributed by atoms with Gasteiger partial charge in [0.15, 0.2) is 17.6 Å². The second-order valence-corrected chi connectivity index (χ2v) is 4.57. The van der Waals surface area contributed by atoms with E-state index in [1.165, 1.54) is 7.11 Å². The maximum Gasteiger partial charge on any atom is 0.347 e. The van der Waals surface area contributed by atoms with Crippen molar-refractivity contribution in [2.75, 3.05) is 13.7 Å². The third kappa shape index (κ3) is 5.11. The lowest BCUT2D eigenvalue weighted by Gasteiger charge is -2.18. The highest BCUT2D eigenvalue weighted by Gasteiger charge is 2.22. The summed E-state index contributed by atoms with van der Waals surface area (Å²) in [4.78, 5) is 11.8. The number of methoxy groups -OCH3 is 1. The lowest BCUT2D eigenvalue weighted by molar-refractivity contribution is -0.149.